The van der Waals surface area contributed by atoms with Gasteiger partial charge in [-0.1, -0.05) is 32.9 Å². The number of amides is 2. The summed E-state index contributed by atoms with van der Waals surface area (Å²) in [5.74, 6) is 0.577. The van der Waals surface area contributed by atoms with Crippen molar-refractivity contribution in [1.29, 1.82) is 0 Å². The first kappa shape index (κ1) is 21.7. The quantitative estimate of drug-likeness (QED) is 0.810. The number of hydrogen-bond acceptors (Lipinski definition) is 4. The minimum Gasteiger partial charge on any atom is -0.496 e. The second-order valence-electron chi connectivity index (χ2n) is 8.81. The summed E-state index contributed by atoms with van der Waals surface area (Å²) in [4.78, 5) is 29.2. The van der Waals surface area contributed by atoms with Crippen LogP contribution in [0.15, 0.2) is 48.5 Å². The van der Waals surface area contributed by atoms with Gasteiger partial charge >= 0.3 is 0 Å². The maximum Gasteiger partial charge on any atom is 0.259 e. The topological polar surface area (TPSA) is 61.9 Å². The molecule has 0 atom stereocenters. The predicted octanol–water partition coefficient (Wildman–Crippen LogP) is 4.03. The lowest BCUT2D eigenvalue weighted by Gasteiger charge is -2.37. The Bertz CT molecular complexity index is 879. The summed E-state index contributed by atoms with van der Waals surface area (Å²) in [6, 6.07) is 15.0. The van der Waals surface area contributed by atoms with Crippen LogP contribution in [0.25, 0.3) is 0 Å². The van der Waals surface area contributed by atoms with Crippen LogP contribution in [0.3, 0.4) is 0 Å². The predicted molar refractivity (Wildman–Crippen MR) is 120 cm³/mol. The summed E-state index contributed by atoms with van der Waals surface area (Å²) in [5.41, 5.74) is 2.33. The van der Waals surface area contributed by atoms with E-state index >= 15 is 0 Å². The van der Waals surface area contributed by atoms with E-state index in [1.807, 2.05) is 41.3 Å². The monoisotopic (exact) mass is 409 g/mol. The molecule has 1 fully saturated rings. The molecular weight excluding hydrogens is 378 g/mol. The Morgan fingerprint density at radius 1 is 0.967 bits per heavy atom. The van der Waals surface area contributed by atoms with Crippen molar-refractivity contribution < 1.29 is 14.3 Å². The summed E-state index contributed by atoms with van der Waals surface area (Å²) < 4.78 is 5.26. The summed E-state index contributed by atoms with van der Waals surface area (Å²) in [6.45, 7) is 9.37. The molecule has 0 bridgehead atoms. The van der Waals surface area contributed by atoms with Crippen LogP contribution < -0.4 is 15.0 Å². The van der Waals surface area contributed by atoms with Gasteiger partial charge in [0.1, 0.15) is 5.75 Å². The molecule has 0 radical (unpaired) electrons. The average Bonchev–Trinajstić information content (AvgIpc) is 2.73. The van der Waals surface area contributed by atoms with E-state index in [2.05, 4.69) is 31.0 Å². The van der Waals surface area contributed by atoms with Gasteiger partial charge in [0.15, 0.2) is 0 Å². The van der Waals surface area contributed by atoms with Gasteiger partial charge in [-0.25, -0.2) is 0 Å². The van der Waals surface area contributed by atoms with Crippen molar-refractivity contribution in [3.63, 3.8) is 0 Å². The number of carbonyl (C=O) groups excluding carboxylic acids is 2. The SMILES string of the molecule is COc1ccccc1C(=O)Nc1ccc(N2CCN(C(=O)CC(C)(C)C)CC2)cc1. The number of rotatable bonds is 5. The standard InChI is InChI=1S/C24H31N3O3/c1-24(2,3)17-22(28)27-15-13-26(14-16-27)19-11-9-18(10-12-19)25-23(29)20-7-5-6-8-21(20)30-4/h5-12H,13-17H2,1-4H3,(H,25,29). The number of nitrogens with one attached hydrogen (secondary N) is 1. The summed E-state index contributed by atoms with van der Waals surface area (Å²) in [6.07, 6.45) is 0.577. The van der Waals surface area contributed by atoms with Crippen LogP contribution in [0.1, 0.15) is 37.6 Å². The number of methoxy groups -OCH3 is 1. The molecular formula is C24H31N3O3. The molecule has 2 aromatic rings. The number of carbonyl (C=O) groups is 2. The molecule has 2 aromatic carbocycles. The van der Waals surface area contributed by atoms with E-state index < -0.39 is 0 Å². The lowest BCUT2D eigenvalue weighted by Crippen LogP contribution is -2.49. The van der Waals surface area contributed by atoms with Gasteiger partial charge in [-0.2, -0.15) is 0 Å². The molecule has 6 nitrogen and oxygen atoms in total. The molecule has 1 aliphatic heterocycles. The fraction of sp³-hybridized carbons (Fsp3) is 0.417. The van der Waals surface area contributed by atoms with Crippen LogP contribution in [-0.2, 0) is 4.79 Å². The Balaban J connectivity index is 1.56. The van der Waals surface area contributed by atoms with Crippen molar-refractivity contribution in [3.8, 4) is 5.75 Å². The van der Waals surface area contributed by atoms with Gasteiger partial charge in [0.05, 0.1) is 12.7 Å². The zero-order chi connectivity index (χ0) is 21.7. The molecule has 30 heavy (non-hydrogen) atoms. The highest BCUT2D eigenvalue weighted by atomic mass is 16.5. The van der Waals surface area contributed by atoms with Gasteiger partial charge in [0.2, 0.25) is 5.91 Å². The van der Waals surface area contributed by atoms with E-state index in [0.29, 0.717) is 17.7 Å². The van der Waals surface area contributed by atoms with Crippen LogP contribution in [0.2, 0.25) is 0 Å². The lowest BCUT2D eigenvalue weighted by molar-refractivity contribution is -0.133. The minimum absolute atomic E-state index is 0.0122. The van der Waals surface area contributed by atoms with Crippen LogP contribution >= 0.6 is 0 Å². The molecule has 0 aromatic heterocycles. The molecule has 1 saturated heterocycles. The van der Waals surface area contributed by atoms with E-state index in [1.165, 1.54) is 0 Å². The number of para-hydroxylation sites is 1. The Morgan fingerprint density at radius 2 is 1.60 bits per heavy atom. The Morgan fingerprint density at radius 3 is 2.20 bits per heavy atom. The first-order valence-electron chi connectivity index (χ1n) is 10.3. The molecule has 0 aliphatic carbocycles. The molecule has 0 saturated carbocycles. The van der Waals surface area contributed by atoms with Crippen molar-refractivity contribution >= 4 is 23.2 Å². The first-order valence-corrected chi connectivity index (χ1v) is 10.3. The maximum atomic E-state index is 12.5. The highest BCUT2D eigenvalue weighted by molar-refractivity contribution is 6.06. The molecule has 160 valence electrons. The summed E-state index contributed by atoms with van der Waals surface area (Å²) in [5, 5.41) is 2.92. The van der Waals surface area contributed by atoms with Gasteiger partial charge in [-0.05, 0) is 41.8 Å². The fourth-order valence-corrected chi connectivity index (χ4v) is 3.57. The van der Waals surface area contributed by atoms with Crippen LogP contribution in [0.4, 0.5) is 11.4 Å². The third-order valence-corrected chi connectivity index (χ3v) is 5.16. The zero-order valence-electron chi connectivity index (χ0n) is 18.3. The van der Waals surface area contributed by atoms with Gasteiger partial charge in [-0.3, -0.25) is 9.59 Å². The van der Waals surface area contributed by atoms with Gasteiger partial charge in [-0.15, -0.1) is 0 Å². The van der Waals surface area contributed by atoms with Gasteiger partial charge in [0, 0.05) is 44.0 Å². The highest BCUT2D eigenvalue weighted by Crippen LogP contribution is 2.24. The van der Waals surface area contributed by atoms with Crippen molar-refractivity contribution in [2.24, 2.45) is 5.41 Å². The second kappa shape index (κ2) is 9.20. The van der Waals surface area contributed by atoms with Gasteiger partial charge < -0.3 is 19.9 Å². The van der Waals surface area contributed by atoms with Gasteiger partial charge in [0.25, 0.3) is 5.91 Å². The third-order valence-electron chi connectivity index (χ3n) is 5.16. The van der Waals surface area contributed by atoms with Crippen molar-refractivity contribution in [2.45, 2.75) is 27.2 Å². The number of nitrogens with zero attached hydrogens (tertiary/aromatic N) is 2. The zero-order valence-corrected chi connectivity index (χ0v) is 18.3. The lowest BCUT2D eigenvalue weighted by atomic mass is 9.91. The Labute approximate surface area is 178 Å². The maximum absolute atomic E-state index is 12.5. The summed E-state index contributed by atoms with van der Waals surface area (Å²) >= 11 is 0. The van der Waals surface area contributed by atoms with E-state index in [9.17, 15) is 9.59 Å². The van der Waals surface area contributed by atoms with Crippen LogP contribution in [-0.4, -0.2) is 50.0 Å². The van der Waals surface area contributed by atoms with Crippen molar-refractivity contribution in [1.82, 2.24) is 4.90 Å². The molecule has 1 aliphatic rings. The number of piperazine rings is 1. The molecule has 0 spiro atoms. The molecule has 1 heterocycles. The van der Waals surface area contributed by atoms with E-state index in [0.717, 1.165) is 37.6 Å². The number of anilines is 2. The van der Waals surface area contributed by atoms with Crippen LogP contribution in [0, 0.1) is 5.41 Å². The van der Waals surface area contributed by atoms with E-state index in [-0.39, 0.29) is 17.2 Å². The molecule has 1 N–H and O–H groups in total. The molecule has 2 amide bonds. The van der Waals surface area contributed by atoms with E-state index in [1.54, 1.807) is 19.2 Å². The fourth-order valence-electron chi connectivity index (χ4n) is 3.57. The largest absolute Gasteiger partial charge is 0.496 e. The van der Waals surface area contributed by atoms with Crippen molar-refractivity contribution in [3.05, 3.63) is 54.1 Å². The summed E-state index contributed by atoms with van der Waals surface area (Å²) in [7, 11) is 1.55. The number of ether oxygens (including phenoxy) is 1. The first-order chi connectivity index (χ1) is 14.3. The van der Waals surface area contributed by atoms with E-state index in [4.69, 9.17) is 4.74 Å². The molecule has 6 heteroatoms. The third kappa shape index (κ3) is 5.53. The Kier molecular flexibility index (Phi) is 6.65. The smallest absolute Gasteiger partial charge is 0.259 e. The number of benzene rings is 2. The average molecular weight is 410 g/mol. The Hall–Kier alpha value is -3.02. The minimum atomic E-state index is -0.203. The molecule has 0 unspecified atom stereocenters. The second-order valence-corrected chi connectivity index (χ2v) is 8.81. The normalized spacial score (nSPS) is 14.4. The highest BCUT2D eigenvalue weighted by Gasteiger charge is 2.25. The van der Waals surface area contributed by atoms with Crippen LogP contribution in [0.5, 0.6) is 5.75 Å². The number of hydrogen-bond donors (Lipinski definition) is 1. The molecule has 3 rings (SSSR count). The van der Waals surface area contributed by atoms with Crippen molar-refractivity contribution in [2.75, 3.05) is 43.5 Å².